The van der Waals surface area contributed by atoms with Gasteiger partial charge in [-0.15, -0.1) is 0 Å². The Balaban J connectivity index is 2.92. The Morgan fingerprint density at radius 1 is 1.69 bits per heavy atom. The zero-order valence-electron chi connectivity index (χ0n) is 7.78. The van der Waals surface area contributed by atoms with Gasteiger partial charge in [0.25, 0.3) is 5.88 Å². The van der Waals surface area contributed by atoms with Crippen LogP contribution in [-0.2, 0) is 0 Å². The molecule has 2 N–H and O–H groups in total. The highest BCUT2D eigenvalue weighted by Gasteiger charge is 2.10. The van der Waals surface area contributed by atoms with Crippen molar-refractivity contribution in [3.63, 3.8) is 0 Å². The van der Waals surface area contributed by atoms with Gasteiger partial charge in [-0.1, -0.05) is 6.92 Å². The average molecular weight is 183 g/mol. The van der Waals surface area contributed by atoms with Gasteiger partial charge in [-0.2, -0.15) is 0 Å². The summed E-state index contributed by atoms with van der Waals surface area (Å²) < 4.78 is 5.81. The Kier molecular flexibility index (Phi) is 2.89. The average Bonchev–Trinajstić information content (AvgIpc) is 2.09. The summed E-state index contributed by atoms with van der Waals surface area (Å²) in [6.45, 7) is 4.06. The van der Waals surface area contributed by atoms with E-state index in [0.717, 1.165) is 6.42 Å². The van der Waals surface area contributed by atoms with Crippen molar-refractivity contribution in [1.82, 2.24) is 4.98 Å². The largest absolute Gasteiger partial charge is 0.708 e. The van der Waals surface area contributed by atoms with Gasteiger partial charge in [0.2, 0.25) is 5.82 Å². The summed E-state index contributed by atoms with van der Waals surface area (Å²) in [6, 6.07) is 1.43. The molecule has 13 heavy (non-hydrogen) atoms. The van der Waals surface area contributed by atoms with Crippen molar-refractivity contribution >= 4 is 5.82 Å². The fourth-order valence-electron chi connectivity index (χ4n) is 0.916. The molecule has 0 saturated heterocycles. The molecule has 0 spiro atoms. The molecule has 0 aliphatic heterocycles. The molecule has 1 aromatic heterocycles. The minimum absolute atomic E-state index is 0.215. The van der Waals surface area contributed by atoms with Crippen molar-refractivity contribution in [3.8, 4) is 5.88 Å². The fourth-order valence-corrected chi connectivity index (χ4v) is 0.916. The molecule has 0 aliphatic rings. The molecule has 1 aromatic rings. The first-order valence-electron chi connectivity index (χ1n) is 4.14. The Hall–Kier alpha value is -1.52. The molecule has 0 aromatic carbocycles. The van der Waals surface area contributed by atoms with Gasteiger partial charge in [0.05, 0.1) is 12.7 Å². The third-order valence-electron chi connectivity index (χ3n) is 1.51. The van der Waals surface area contributed by atoms with E-state index in [4.69, 9.17) is 10.5 Å². The quantitative estimate of drug-likeness (QED) is 0.543. The maximum absolute atomic E-state index is 11.3. The maximum atomic E-state index is 11.3. The second kappa shape index (κ2) is 3.93. The van der Waals surface area contributed by atoms with Crippen molar-refractivity contribution in [1.29, 1.82) is 0 Å². The van der Waals surface area contributed by atoms with Crippen LogP contribution in [0, 0.1) is 12.1 Å². The molecule has 0 amide bonds. The second-order valence-corrected chi connectivity index (χ2v) is 2.71. The van der Waals surface area contributed by atoms with Gasteiger partial charge in [0, 0.05) is 6.92 Å². The van der Waals surface area contributed by atoms with Crippen molar-refractivity contribution in [2.45, 2.75) is 20.3 Å². The van der Waals surface area contributed by atoms with E-state index in [1.54, 1.807) is 6.92 Å². The monoisotopic (exact) mass is 183 g/mol. The fraction of sp³-hybridized carbons (Fsp3) is 0.500. The van der Waals surface area contributed by atoms with Crippen LogP contribution in [0.4, 0.5) is 5.82 Å². The number of nitrogens with zero attached hydrogens (tertiary/aromatic N) is 2. The third kappa shape index (κ3) is 2.21. The number of nitrogen functional groups attached to an aromatic ring is 1. The number of aromatic nitrogens is 2. The molecule has 5 heteroatoms. The molecule has 0 unspecified atom stereocenters. The topological polar surface area (TPSA) is 75.1 Å². The number of nitrogens with two attached hydrogens (primary N) is 1. The predicted octanol–water partition coefficient (Wildman–Crippen LogP) is 0.394. The number of anilines is 1. The molecule has 0 fully saturated rings. The summed E-state index contributed by atoms with van der Waals surface area (Å²) in [7, 11) is 0. The molecule has 0 bridgehead atoms. The number of hydrogen-bond acceptors (Lipinski definition) is 4. The van der Waals surface area contributed by atoms with Gasteiger partial charge < -0.3 is 15.7 Å². The molecular formula is C8H13N3O2. The van der Waals surface area contributed by atoms with Gasteiger partial charge in [-0.05, 0) is 11.4 Å². The van der Waals surface area contributed by atoms with Gasteiger partial charge in [0.15, 0.2) is 0 Å². The van der Waals surface area contributed by atoms with E-state index in [9.17, 15) is 5.21 Å². The lowest BCUT2D eigenvalue weighted by molar-refractivity contribution is -0.622. The number of rotatable bonds is 3. The molecule has 72 valence electrons. The molecule has 1 rings (SSSR count). The minimum Gasteiger partial charge on any atom is -0.708 e. The first-order valence-corrected chi connectivity index (χ1v) is 4.14. The first kappa shape index (κ1) is 9.57. The van der Waals surface area contributed by atoms with E-state index < -0.39 is 0 Å². The lowest BCUT2D eigenvalue weighted by Gasteiger charge is -2.10. The smallest absolute Gasteiger partial charge is 0.303 e. The molecule has 0 aliphatic carbocycles. The highest BCUT2D eigenvalue weighted by molar-refractivity contribution is 5.29. The van der Waals surface area contributed by atoms with Crippen LogP contribution in [0.25, 0.3) is 0 Å². The van der Waals surface area contributed by atoms with Crippen LogP contribution in [0.3, 0.4) is 0 Å². The van der Waals surface area contributed by atoms with E-state index in [1.165, 1.54) is 6.07 Å². The number of hydrogen-bond donors (Lipinski definition) is 1. The highest BCUT2D eigenvalue weighted by Crippen LogP contribution is 2.07. The Morgan fingerprint density at radius 3 is 3.00 bits per heavy atom. The summed E-state index contributed by atoms with van der Waals surface area (Å²) in [6.07, 6.45) is 0.848. The maximum Gasteiger partial charge on any atom is 0.303 e. The Bertz CT molecular complexity index is 302. The first-order chi connectivity index (χ1) is 6.15. The SMILES string of the molecule is CCCOc1cc(N)nc(C)[n+]1[O-]. The van der Waals surface area contributed by atoms with Gasteiger partial charge in [0.1, 0.15) is 0 Å². The normalized spacial score (nSPS) is 10.0. The van der Waals surface area contributed by atoms with Crippen LogP contribution < -0.4 is 15.2 Å². The summed E-state index contributed by atoms with van der Waals surface area (Å²) >= 11 is 0. The Labute approximate surface area is 76.7 Å². The molecule has 0 saturated carbocycles. The zero-order chi connectivity index (χ0) is 9.84. The van der Waals surface area contributed by atoms with Gasteiger partial charge in [-0.25, -0.2) is 4.73 Å². The summed E-state index contributed by atoms with van der Waals surface area (Å²) in [5.41, 5.74) is 5.46. The van der Waals surface area contributed by atoms with Crippen LogP contribution >= 0.6 is 0 Å². The highest BCUT2D eigenvalue weighted by atomic mass is 16.5. The van der Waals surface area contributed by atoms with Crippen LogP contribution in [0.15, 0.2) is 6.07 Å². The van der Waals surface area contributed by atoms with Gasteiger partial charge in [-0.3, -0.25) is 0 Å². The van der Waals surface area contributed by atoms with E-state index >= 15 is 0 Å². The van der Waals surface area contributed by atoms with E-state index in [2.05, 4.69) is 4.98 Å². The molecular weight excluding hydrogens is 170 g/mol. The van der Waals surface area contributed by atoms with Crippen LogP contribution in [0.2, 0.25) is 0 Å². The lowest BCUT2D eigenvalue weighted by Crippen LogP contribution is -2.34. The van der Waals surface area contributed by atoms with Crippen molar-refractivity contribution < 1.29 is 9.47 Å². The lowest BCUT2D eigenvalue weighted by atomic mass is 10.5. The van der Waals surface area contributed by atoms with Crippen molar-refractivity contribution in [3.05, 3.63) is 17.1 Å². The van der Waals surface area contributed by atoms with E-state index in [0.29, 0.717) is 23.0 Å². The zero-order valence-corrected chi connectivity index (χ0v) is 7.78. The molecule has 1 heterocycles. The molecule has 0 atom stereocenters. The van der Waals surface area contributed by atoms with Crippen LogP contribution in [0.1, 0.15) is 19.2 Å². The van der Waals surface area contributed by atoms with E-state index in [-0.39, 0.29) is 5.88 Å². The van der Waals surface area contributed by atoms with Crippen molar-refractivity contribution in [2.75, 3.05) is 12.3 Å². The summed E-state index contributed by atoms with van der Waals surface area (Å²) in [4.78, 5) is 3.79. The van der Waals surface area contributed by atoms with Crippen LogP contribution in [0.5, 0.6) is 5.88 Å². The van der Waals surface area contributed by atoms with Crippen LogP contribution in [-0.4, -0.2) is 11.6 Å². The molecule has 0 radical (unpaired) electrons. The predicted molar refractivity (Wildman–Crippen MR) is 48.1 cm³/mol. The summed E-state index contributed by atoms with van der Waals surface area (Å²) in [5, 5.41) is 11.3. The number of ether oxygens (including phenoxy) is 1. The summed E-state index contributed by atoms with van der Waals surface area (Å²) in [5.74, 6) is 0.814. The standard InChI is InChI=1S/C8H13N3O2/c1-3-4-13-8-5-7(9)10-6(2)11(8)12/h5H,3-4H2,1-2H3,(H2,9,10). The Morgan fingerprint density at radius 2 is 2.38 bits per heavy atom. The molecule has 5 nitrogen and oxygen atoms in total. The third-order valence-corrected chi connectivity index (χ3v) is 1.51. The van der Waals surface area contributed by atoms with E-state index in [1.807, 2.05) is 6.92 Å². The second-order valence-electron chi connectivity index (χ2n) is 2.71. The number of aryl methyl sites for hydroxylation is 1. The van der Waals surface area contributed by atoms with Gasteiger partial charge >= 0.3 is 5.82 Å². The minimum atomic E-state index is 0.215. The van der Waals surface area contributed by atoms with Crippen molar-refractivity contribution in [2.24, 2.45) is 0 Å².